The van der Waals surface area contributed by atoms with Gasteiger partial charge in [0.1, 0.15) is 11.4 Å². The Kier molecular flexibility index (Phi) is 3.87. The normalized spacial score (nSPS) is 17.9. The molecule has 0 atom stereocenters. The summed E-state index contributed by atoms with van der Waals surface area (Å²) in [6.07, 6.45) is 0.860. The molecule has 0 unspecified atom stereocenters. The molecule has 1 heterocycles. The zero-order chi connectivity index (χ0) is 15.0. The second kappa shape index (κ2) is 5.17. The van der Waals surface area contributed by atoms with Gasteiger partial charge in [-0.05, 0) is 51.2 Å². The van der Waals surface area contributed by atoms with Crippen LogP contribution >= 0.6 is 0 Å². The number of hydrogen-bond donors (Lipinski definition) is 0. The van der Waals surface area contributed by atoms with Crippen LogP contribution in [0.4, 0.5) is 0 Å². The molecular formula is C16H24O3Si. The first-order valence-electron chi connectivity index (χ1n) is 6.96. The SMILES string of the molecule is COc1ccc(C2=C(O[Si](C)(C)C)OC(C)(C)C2)cc1. The van der Waals surface area contributed by atoms with Crippen LogP contribution in [0, 0.1) is 0 Å². The molecule has 1 aromatic carbocycles. The van der Waals surface area contributed by atoms with Crippen molar-refractivity contribution in [1.82, 2.24) is 0 Å². The van der Waals surface area contributed by atoms with Crippen LogP contribution in [-0.2, 0) is 9.16 Å². The standard InChI is InChI=1S/C16H24O3Si/c1-16(2)11-14(15(18-16)19-20(4,5)6)12-7-9-13(17-3)10-8-12/h7-10H,11H2,1-6H3. The molecule has 0 saturated carbocycles. The Morgan fingerprint density at radius 2 is 1.70 bits per heavy atom. The van der Waals surface area contributed by atoms with E-state index >= 15 is 0 Å². The fraction of sp³-hybridized carbons (Fsp3) is 0.500. The largest absolute Gasteiger partial charge is 0.519 e. The van der Waals surface area contributed by atoms with Gasteiger partial charge in [0.15, 0.2) is 0 Å². The smallest absolute Gasteiger partial charge is 0.269 e. The number of hydrogen-bond acceptors (Lipinski definition) is 3. The number of methoxy groups -OCH3 is 1. The van der Waals surface area contributed by atoms with Gasteiger partial charge in [0.2, 0.25) is 8.32 Å². The van der Waals surface area contributed by atoms with Gasteiger partial charge in [0.25, 0.3) is 5.95 Å². The van der Waals surface area contributed by atoms with Crippen molar-refractivity contribution >= 4 is 13.9 Å². The van der Waals surface area contributed by atoms with Gasteiger partial charge in [0, 0.05) is 12.0 Å². The molecule has 4 heteroatoms. The van der Waals surface area contributed by atoms with Gasteiger partial charge in [-0.1, -0.05) is 12.1 Å². The average molecular weight is 292 g/mol. The first-order valence-corrected chi connectivity index (χ1v) is 10.4. The van der Waals surface area contributed by atoms with E-state index < -0.39 is 8.32 Å². The molecule has 0 radical (unpaired) electrons. The lowest BCUT2D eigenvalue weighted by Crippen LogP contribution is -2.27. The summed E-state index contributed by atoms with van der Waals surface area (Å²) in [5, 5.41) is 0. The van der Waals surface area contributed by atoms with E-state index in [2.05, 4.69) is 45.6 Å². The molecule has 0 N–H and O–H groups in total. The lowest BCUT2D eigenvalue weighted by Gasteiger charge is -2.24. The third kappa shape index (κ3) is 3.57. The monoisotopic (exact) mass is 292 g/mol. The maximum absolute atomic E-state index is 6.12. The van der Waals surface area contributed by atoms with Crippen LogP contribution in [0.15, 0.2) is 30.2 Å². The highest BCUT2D eigenvalue weighted by Crippen LogP contribution is 2.41. The maximum atomic E-state index is 6.12. The Bertz CT molecular complexity index is 510. The van der Waals surface area contributed by atoms with E-state index in [1.807, 2.05) is 12.1 Å². The quantitative estimate of drug-likeness (QED) is 0.769. The Morgan fingerprint density at radius 1 is 1.10 bits per heavy atom. The van der Waals surface area contributed by atoms with Crippen molar-refractivity contribution in [3.8, 4) is 5.75 Å². The second-order valence-corrected chi connectivity index (χ2v) is 11.2. The van der Waals surface area contributed by atoms with E-state index in [1.54, 1.807) is 7.11 Å². The van der Waals surface area contributed by atoms with Crippen molar-refractivity contribution in [1.29, 1.82) is 0 Å². The molecule has 0 amide bonds. The molecule has 0 aromatic heterocycles. The van der Waals surface area contributed by atoms with E-state index in [9.17, 15) is 0 Å². The highest BCUT2D eigenvalue weighted by Gasteiger charge is 2.36. The molecule has 0 spiro atoms. The van der Waals surface area contributed by atoms with E-state index in [0.717, 1.165) is 23.3 Å². The summed E-state index contributed by atoms with van der Waals surface area (Å²) in [7, 11) is -0.00842. The van der Waals surface area contributed by atoms with Gasteiger partial charge in [0.05, 0.1) is 7.11 Å². The van der Waals surface area contributed by atoms with Crippen LogP contribution in [0.1, 0.15) is 25.8 Å². The number of benzene rings is 1. The maximum Gasteiger partial charge on any atom is 0.269 e. The average Bonchev–Trinajstić information content (AvgIpc) is 2.62. The summed E-state index contributed by atoms with van der Waals surface area (Å²) in [6, 6.07) is 8.07. The lowest BCUT2D eigenvalue weighted by atomic mass is 9.96. The van der Waals surface area contributed by atoms with Gasteiger partial charge in [-0.2, -0.15) is 0 Å². The lowest BCUT2D eigenvalue weighted by molar-refractivity contribution is 0.00576. The third-order valence-corrected chi connectivity index (χ3v) is 3.85. The molecular weight excluding hydrogens is 268 g/mol. The van der Waals surface area contributed by atoms with Gasteiger partial charge < -0.3 is 13.9 Å². The highest BCUT2D eigenvalue weighted by molar-refractivity contribution is 6.70. The fourth-order valence-electron chi connectivity index (χ4n) is 2.22. The van der Waals surface area contributed by atoms with Crippen molar-refractivity contribution in [2.75, 3.05) is 7.11 Å². The summed E-state index contributed by atoms with van der Waals surface area (Å²) in [6.45, 7) is 10.7. The van der Waals surface area contributed by atoms with Crippen molar-refractivity contribution < 1.29 is 13.9 Å². The Hall–Kier alpha value is -1.42. The minimum absolute atomic E-state index is 0.204. The fourth-order valence-corrected chi connectivity index (χ4v) is 2.94. The molecule has 1 aromatic rings. The van der Waals surface area contributed by atoms with Crippen LogP contribution in [0.5, 0.6) is 5.75 Å². The first-order chi connectivity index (χ1) is 9.20. The molecule has 110 valence electrons. The molecule has 0 saturated heterocycles. The molecule has 20 heavy (non-hydrogen) atoms. The van der Waals surface area contributed by atoms with Crippen LogP contribution in [0.3, 0.4) is 0 Å². The summed E-state index contributed by atoms with van der Waals surface area (Å²) >= 11 is 0. The van der Waals surface area contributed by atoms with Gasteiger partial charge >= 0.3 is 0 Å². The van der Waals surface area contributed by atoms with Gasteiger partial charge in [-0.3, -0.25) is 0 Å². The predicted octanol–water partition coefficient (Wildman–Crippen LogP) is 4.41. The molecule has 0 fully saturated rings. The van der Waals surface area contributed by atoms with Crippen molar-refractivity contribution in [2.24, 2.45) is 0 Å². The molecule has 1 aliphatic rings. The molecule has 2 rings (SSSR count). The van der Waals surface area contributed by atoms with Crippen LogP contribution < -0.4 is 4.74 Å². The Morgan fingerprint density at radius 3 is 2.20 bits per heavy atom. The predicted molar refractivity (Wildman–Crippen MR) is 84.1 cm³/mol. The van der Waals surface area contributed by atoms with Crippen LogP contribution in [0.2, 0.25) is 19.6 Å². The Labute approximate surface area is 122 Å². The second-order valence-electron chi connectivity index (χ2n) is 6.75. The van der Waals surface area contributed by atoms with Crippen molar-refractivity contribution in [3.05, 3.63) is 35.8 Å². The first kappa shape index (κ1) is 15.0. The number of rotatable bonds is 4. The topological polar surface area (TPSA) is 27.7 Å². The number of ether oxygens (including phenoxy) is 2. The highest BCUT2D eigenvalue weighted by atomic mass is 28.4. The molecule has 0 bridgehead atoms. The van der Waals surface area contributed by atoms with E-state index in [0.29, 0.717) is 5.95 Å². The Balaban J connectivity index is 2.34. The van der Waals surface area contributed by atoms with E-state index in [-0.39, 0.29) is 5.60 Å². The summed E-state index contributed by atoms with van der Waals surface area (Å²) < 4.78 is 17.3. The molecule has 0 aliphatic carbocycles. The minimum Gasteiger partial charge on any atom is -0.519 e. The summed E-state index contributed by atoms with van der Waals surface area (Å²) in [5.41, 5.74) is 2.09. The van der Waals surface area contributed by atoms with E-state index in [1.165, 1.54) is 0 Å². The van der Waals surface area contributed by atoms with Crippen molar-refractivity contribution in [3.63, 3.8) is 0 Å². The minimum atomic E-state index is -1.68. The van der Waals surface area contributed by atoms with E-state index in [4.69, 9.17) is 13.9 Å². The van der Waals surface area contributed by atoms with Crippen LogP contribution in [-0.4, -0.2) is 21.0 Å². The summed E-state index contributed by atoms with van der Waals surface area (Å²) in [4.78, 5) is 0. The van der Waals surface area contributed by atoms with Crippen molar-refractivity contribution in [2.45, 2.75) is 45.5 Å². The summed E-state index contributed by atoms with van der Waals surface area (Å²) in [5.74, 6) is 1.57. The van der Waals surface area contributed by atoms with Gasteiger partial charge in [-0.25, -0.2) is 0 Å². The zero-order valence-electron chi connectivity index (χ0n) is 13.2. The third-order valence-electron chi connectivity index (χ3n) is 3.06. The van der Waals surface area contributed by atoms with Crippen LogP contribution in [0.25, 0.3) is 5.57 Å². The zero-order valence-corrected chi connectivity index (χ0v) is 14.2. The molecule has 1 aliphatic heterocycles. The van der Waals surface area contributed by atoms with Gasteiger partial charge in [-0.15, -0.1) is 0 Å². The molecule has 3 nitrogen and oxygen atoms in total.